The van der Waals surface area contributed by atoms with Gasteiger partial charge in [0.2, 0.25) is 0 Å². The Morgan fingerprint density at radius 3 is 2.56 bits per heavy atom. The molecule has 0 heterocycles. The van der Waals surface area contributed by atoms with Gasteiger partial charge in [0.1, 0.15) is 0 Å². The molecule has 0 aliphatic heterocycles. The quantitative estimate of drug-likeness (QED) is 0.897. The molecule has 3 atom stereocenters. The Hall–Kier alpha value is -1.12. The highest BCUT2D eigenvalue weighted by Crippen LogP contribution is 2.54. The summed E-state index contributed by atoms with van der Waals surface area (Å²) in [5.41, 5.74) is 2.35. The van der Waals surface area contributed by atoms with Crippen molar-refractivity contribution in [1.29, 1.82) is 0 Å². The first kappa shape index (κ1) is 11.9. The molecule has 0 bridgehead atoms. The zero-order valence-corrected chi connectivity index (χ0v) is 11.5. The number of hydrogen-bond donors (Lipinski definition) is 1. The van der Waals surface area contributed by atoms with Crippen LogP contribution in [-0.4, -0.2) is 5.11 Å². The fraction of sp³-hybridized carbons (Fsp3) is 0.250. The van der Waals surface area contributed by atoms with Crippen molar-refractivity contribution in [3.8, 4) is 0 Å². The maximum absolute atomic E-state index is 10.3. The Kier molecular flexibility index (Phi) is 3.23. The molecule has 0 spiro atoms. The normalized spacial score (nSPS) is 23.7. The van der Waals surface area contributed by atoms with Crippen molar-refractivity contribution >= 4 is 15.9 Å². The van der Waals surface area contributed by atoms with Gasteiger partial charge in [0.15, 0.2) is 0 Å². The molecule has 1 nitrogen and oxygen atoms in total. The molecule has 92 valence electrons. The molecular weight excluding hydrogens is 288 g/mol. The molecule has 2 aromatic carbocycles. The first-order valence-electron chi connectivity index (χ1n) is 6.24. The minimum atomic E-state index is -0.338. The SMILES string of the molecule is OC(c1ccccc1)C1CC1c1cccc(Br)c1. The predicted molar refractivity (Wildman–Crippen MR) is 76.4 cm³/mol. The van der Waals surface area contributed by atoms with E-state index in [1.165, 1.54) is 5.56 Å². The van der Waals surface area contributed by atoms with E-state index in [0.717, 1.165) is 16.5 Å². The first-order chi connectivity index (χ1) is 8.75. The third-order valence-electron chi connectivity index (χ3n) is 3.66. The summed E-state index contributed by atoms with van der Waals surface area (Å²) in [6.45, 7) is 0. The van der Waals surface area contributed by atoms with Gasteiger partial charge in [0, 0.05) is 4.47 Å². The summed E-state index contributed by atoms with van der Waals surface area (Å²) in [6.07, 6.45) is 0.738. The topological polar surface area (TPSA) is 20.2 Å². The third-order valence-corrected chi connectivity index (χ3v) is 4.16. The molecule has 0 radical (unpaired) electrons. The van der Waals surface area contributed by atoms with Crippen LogP contribution in [0.2, 0.25) is 0 Å². The van der Waals surface area contributed by atoms with Gasteiger partial charge in [-0.25, -0.2) is 0 Å². The number of benzene rings is 2. The molecule has 2 heteroatoms. The monoisotopic (exact) mass is 302 g/mol. The second kappa shape index (κ2) is 4.87. The fourth-order valence-corrected chi connectivity index (χ4v) is 3.00. The van der Waals surface area contributed by atoms with Crippen molar-refractivity contribution in [2.24, 2.45) is 5.92 Å². The van der Waals surface area contributed by atoms with Crippen LogP contribution in [0, 0.1) is 5.92 Å². The summed E-state index contributed by atoms with van der Waals surface area (Å²) >= 11 is 3.50. The number of rotatable bonds is 3. The van der Waals surface area contributed by atoms with Crippen LogP contribution in [0.5, 0.6) is 0 Å². The maximum atomic E-state index is 10.3. The van der Waals surface area contributed by atoms with E-state index in [1.807, 2.05) is 36.4 Å². The molecular formula is C16H15BrO. The van der Waals surface area contributed by atoms with Gasteiger partial charge in [0.05, 0.1) is 6.10 Å². The molecule has 1 aliphatic carbocycles. The van der Waals surface area contributed by atoms with E-state index in [9.17, 15) is 5.11 Å². The van der Waals surface area contributed by atoms with Crippen molar-refractivity contribution < 1.29 is 5.11 Å². The zero-order valence-electron chi connectivity index (χ0n) is 9.96. The van der Waals surface area contributed by atoms with Crippen molar-refractivity contribution in [3.63, 3.8) is 0 Å². The molecule has 1 saturated carbocycles. The molecule has 0 aromatic heterocycles. The largest absolute Gasteiger partial charge is 0.388 e. The molecule has 2 aromatic rings. The van der Waals surface area contributed by atoms with E-state index in [2.05, 4.69) is 34.1 Å². The Bertz CT molecular complexity index is 538. The lowest BCUT2D eigenvalue weighted by atomic mass is 10.0. The molecule has 0 amide bonds. The van der Waals surface area contributed by atoms with E-state index < -0.39 is 0 Å². The van der Waals surface area contributed by atoms with Crippen molar-refractivity contribution in [3.05, 3.63) is 70.2 Å². The van der Waals surface area contributed by atoms with Gasteiger partial charge in [-0.1, -0.05) is 58.4 Å². The van der Waals surface area contributed by atoms with Gasteiger partial charge in [-0.05, 0) is 41.5 Å². The van der Waals surface area contributed by atoms with Crippen LogP contribution in [0.3, 0.4) is 0 Å². The zero-order chi connectivity index (χ0) is 12.5. The predicted octanol–water partition coefficient (Wildman–Crippen LogP) is 4.29. The van der Waals surface area contributed by atoms with E-state index >= 15 is 0 Å². The molecule has 0 saturated heterocycles. The van der Waals surface area contributed by atoms with Crippen LogP contribution in [-0.2, 0) is 0 Å². The third kappa shape index (κ3) is 2.36. The lowest BCUT2D eigenvalue weighted by Gasteiger charge is -2.10. The highest BCUT2D eigenvalue weighted by Gasteiger charge is 2.43. The summed E-state index contributed by atoms with van der Waals surface area (Å²) in [7, 11) is 0. The fourth-order valence-electron chi connectivity index (χ4n) is 2.58. The first-order valence-corrected chi connectivity index (χ1v) is 7.03. The van der Waals surface area contributed by atoms with Crippen LogP contribution < -0.4 is 0 Å². The smallest absolute Gasteiger partial charge is 0.0824 e. The van der Waals surface area contributed by atoms with E-state index in [-0.39, 0.29) is 6.10 Å². The minimum Gasteiger partial charge on any atom is -0.388 e. The van der Waals surface area contributed by atoms with Crippen molar-refractivity contribution in [1.82, 2.24) is 0 Å². The molecule has 3 unspecified atom stereocenters. The Morgan fingerprint density at radius 1 is 1.06 bits per heavy atom. The van der Waals surface area contributed by atoms with Gasteiger partial charge in [-0.3, -0.25) is 0 Å². The number of aliphatic hydroxyl groups is 1. The molecule has 18 heavy (non-hydrogen) atoms. The van der Waals surface area contributed by atoms with Crippen LogP contribution in [0.15, 0.2) is 59.1 Å². The van der Waals surface area contributed by atoms with Crippen molar-refractivity contribution in [2.45, 2.75) is 18.4 Å². The number of halogens is 1. The summed E-state index contributed by atoms with van der Waals surface area (Å²) in [5.74, 6) is 0.861. The number of hydrogen-bond acceptors (Lipinski definition) is 1. The molecule has 1 N–H and O–H groups in total. The molecule has 1 aliphatic rings. The maximum Gasteiger partial charge on any atom is 0.0824 e. The van der Waals surface area contributed by atoms with Gasteiger partial charge in [-0.2, -0.15) is 0 Å². The standard InChI is InChI=1S/C16H15BrO/c17-13-8-4-7-12(9-13)14-10-15(14)16(18)11-5-2-1-3-6-11/h1-9,14-16,18H,10H2. The Morgan fingerprint density at radius 2 is 1.83 bits per heavy atom. The highest BCUT2D eigenvalue weighted by molar-refractivity contribution is 9.10. The second-order valence-electron chi connectivity index (χ2n) is 4.92. The van der Waals surface area contributed by atoms with Crippen molar-refractivity contribution in [2.75, 3.05) is 0 Å². The van der Waals surface area contributed by atoms with Crippen LogP contribution in [0.25, 0.3) is 0 Å². The lowest BCUT2D eigenvalue weighted by molar-refractivity contribution is 0.151. The van der Waals surface area contributed by atoms with E-state index in [4.69, 9.17) is 0 Å². The van der Waals surface area contributed by atoms with Crippen LogP contribution in [0.4, 0.5) is 0 Å². The Labute approximate surface area is 116 Å². The van der Waals surface area contributed by atoms with E-state index in [0.29, 0.717) is 11.8 Å². The average molecular weight is 303 g/mol. The van der Waals surface area contributed by atoms with E-state index in [1.54, 1.807) is 0 Å². The molecule has 3 rings (SSSR count). The van der Waals surface area contributed by atoms with Crippen LogP contribution in [0.1, 0.15) is 29.6 Å². The van der Waals surface area contributed by atoms with Gasteiger partial charge in [-0.15, -0.1) is 0 Å². The van der Waals surface area contributed by atoms with Gasteiger partial charge in [0.25, 0.3) is 0 Å². The van der Waals surface area contributed by atoms with Gasteiger partial charge < -0.3 is 5.11 Å². The highest BCUT2D eigenvalue weighted by atomic mass is 79.9. The molecule has 1 fully saturated rings. The number of aliphatic hydroxyl groups excluding tert-OH is 1. The van der Waals surface area contributed by atoms with Gasteiger partial charge >= 0.3 is 0 Å². The summed E-state index contributed by atoms with van der Waals surface area (Å²) in [5, 5.41) is 10.3. The summed E-state index contributed by atoms with van der Waals surface area (Å²) in [4.78, 5) is 0. The Balaban J connectivity index is 1.75. The average Bonchev–Trinajstić information content (AvgIpc) is 3.19. The van der Waals surface area contributed by atoms with Crippen LogP contribution >= 0.6 is 15.9 Å². The minimum absolute atomic E-state index is 0.338. The second-order valence-corrected chi connectivity index (χ2v) is 5.83. The summed E-state index contributed by atoms with van der Waals surface area (Å²) in [6, 6.07) is 18.3. The summed E-state index contributed by atoms with van der Waals surface area (Å²) < 4.78 is 1.11. The lowest BCUT2D eigenvalue weighted by Crippen LogP contribution is -2.00.